The van der Waals surface area contributed by atoms with Gasteiger partial charge in [-0.1, -0.05) is 11.6 Å². The number of rotatable bonds is 5. The number of ether oxygens (including phenoxy) is 1. The summed E-state index contributed by atoms with van der Waals surface area (Å²) >= 11 is 6.09. The molecule has 0 radical (unpaired) electrons. The van der Waals surface area contributed by atoms with Gasteiger partial charge >= 0.3 is 5.97 Å². The van der Waals surface area contributed by atoms with Crippen LogP contribution in [0.3, 0.4) is 0 Å². The molecule has 2 aromatic rings. The number of carbonyl (C=O) groups is 1. The summed E-state index contributed by atoms with van der Waals surface area (Å²) in [5, 5.41) is 3.42. The van der Waals surface area contributed by atoms with Crippen LogP contribution < -0.4 is 10.0 Å². The van der Waals surface area contributed by atoms with Crippen LogP contribution in [0.1, 0.15) is 10.4 Å². The maximum atomic E-state index is 11.5. The molecule has 0 spiro atoms. The average Bonchev–Trinajstić information content (AvgIpc) is 2.49. The third-order valence-corrected chi connectivity index (χ3v) is 3.63. The normalized spacial score (nSPS) is 10.9. The molecule has 0 bridgehead atoms. The first-order chi connectivity index (χ1) is 10.8. The van der Waals surface area contributed by atoms with E-state index in [0.29, 0.717) is 22.0 Å². The van der Waals surface area contributed by atoms with Crippen molar-refractivity contribution in [3.8, 4) is 0 Å². The van der Waals surface area contributed by atoms with Gasteiger partial charge in [-0.25, -0.2) is 18.2 Å². The van der Waals surface area contributed by atoms with Crippen LogP contribution in [0.4, 0.5) is 17.2 Å². The molecule has 9 heteroatoms. The van der Waals surface area contributed by atoms with Crippen molar-refractivity contribution < 1.29 is 17.9 Å². The summed E-state index contributed by atoms with van der Waals surface area (Å²) in [5.41, 5.74) is 1.43. The Balaban J connectivity index is 2.20. The van der Waals surface area contributed by atoms with E-state index in [-0.39, 0.29) is 5.82 Å². The van der Waals surface area contributed by atoms with Gasteiger partial charge < -0.3 is 10.1 Å². The molecule has 7 nitrogen and oxygen atoms in total. The van der Waals surface area contributed by atoms with Gasteiger partial charge in [0.1, 0.15) is 5.82 Å². The predicted molar refractivity (Wildman–Crippen MR) is 88.8 cm³/mol. The fraction of sp³-hybridized carbons (Fsp3) is 0.143. The summed E-state index contributed by atoms with van der Waals surface area (Å²) in [7, 11) is -2.09. The maximum absolute atomic E-state index is 11.5. The SMILES string of the molecule is COC(=O)c1ccc(Cl)c(Nc2ccc(NS(C)(=O)=O)nc2)c1. The molecule has 0 amide bonds. The fourth-order valence-corrected chi connectivity index (χ4v) is 2.40. The van der Waals surface area contributed by atoms with E-state index in [1.165, 1.54) is 19.4 Å². The van der Waals surface area contributed by atoms with Gasteiger partial charge in [0.15, 0.2) is 0 Å². The summed E-state index contributed by atoms with van der Waals surface area (Å²) in [5.74, 6) is -0.275. The van der Waals surface area contributed by atoms with Crippen molar-refractivity contribution in [2.24, 2.45) is 0 Å². The van der Waals surface area contributed by atoms with Gasteiger partial charge in [-0.3, -0.25) is 4.72 Å². The lowest BCUT2D eigenvalue weighted by Crippen LogP contribution is -2.10. The van der Waals surface area contributed by atoms with E-state index >= 15 is 0 Å². The first kappa shape index (κ1) is 17.0. The molecular formula is C14H14ClN3O4S. The number of methoxy groups -OCH3 is 1. The molecular weight excluding hydrogens is 342 g/mol. The van der Waals surface area contributed by atoms with E-state index in [0.717, 1.165) is 6.26 Å². The van der Waals surface area contributed by atoms with Crippen molar-refractivity contribution in [2.45, 2.75) is 0 Å². The molecule has 122 valence electrons. The highest BCUT2D eigenvalue weighted by Gasteiger charge is 2.09. The van der Waals surface area contributed by atoms with Crippen molar-refractivity contribution in [2.75, 3.05) is 23.4 Å². The van der Waals surface area contributed by atoms with Crippen LogP contribution >= 0.6 is 11.6 Å². The highest BCUT2D eigenvalue weighted by atomic mass is 35.5. The smallest absolute Gasteiger partial charge is 0.337 e. The van der Waals surface area contributed by atoms with Crippen LogP contribution in [0.2, 0.25) is 5.02 Å². The maximum Gasteiger partial charge on any atom is 0.337 e. The van der Waals surface area contributed by atoms with E-state index in [2.05, 4.69) is 19.8 Å². The number of esters is 1. The molecule has 0 atom stereocenters. The Kier molecular flexibility index (Phi) is 5.07. The number of halogens is 1. The number of nitrogens with one attached hydrogen (secondary N) is 2. The minimum absolute atomic E-state index is 0.201. The zero-order chi connectivity index (χ0) is 17.0. The third-order valence-electron chi connectivity index (χ3n) is 2.72. The number of nitrogens with zero attached hydrogens (tertiary/aromatic N) is 1. The fourth-order valence-electron chi connectivity index (χ4n) is 1.74. The Bertz CT molecular complexity index is 822. The lowest BCUT2D eigenvalue weighted by atomic mass is 10.2. The Morgan fingerprint density at radius 2 is 2.00 bits per heavy atom. The van der Waals surface area contributed by atoms with Gasteiger partial charge in [0, 0.05) is 0 Å². The number of hydrogen-bond acceptors (Lipinski definition) is 6. The van der Waals surface area contributed by atoms with Crippen LogP contribution in [-0.4, -0.2) is 32.7 Å². The number of benzene rings is 1. The zero-order valence-corrected chi connectivity index (χ0v) is 13.9. The molecule has 1 heterocycles. The molecule has 2 rings (SSSR count). The zero-order valence-electron chi connectivity index (χ0n) is 12.3. The summed E-state index contributed by atoms with van der Waals surface area (Å²) < 4.78 is 29.2. The van der Waals surface area contributed by atoms with Gasteiger partial charge in [0.2, 0.25) is 10.0 Å². The highest BCUT2D eigenvalue weighted by molar-refractivity contribution is 7.92. The third kappa shape index (κ3) is 4.83. The average molecular weight is 356 g/mol. The molecule has 1 aromatic carbocycles. The summed E-state index contributed by atoms with van der Waals surface area (Å²) in [4.78, 5) is 15.5. The first-order valence-corrected chi connectivity index (χ1v) is 8.64. The number of hydrogen-bond donors (Lipinski definition) is 2. The Hall–Kier alpha value is -2.32. The standard InChI is InChI=1S/C14H14ClN3O4S/c1-22-14(19)9-3-5-11(15)12(7-9)17-10-4-6-13(16-8-10)18-23(2,20)21/h3-8,17H,1-2H3,(H,16,18). The number of aromatic nitrogens is 1. The Morgan fingerprint density at radius 1 is 1.26 bits per heavy atom. The molecule has 2 N–H and O–H groups in total. The molecule has 1 aromatic heterocycles. The number of carbonyl (C=O) groups excluding carboxylic acids is 1. The van der Waals surface area contributed by atoms with Crippen LogP contribution in [0.15, 0.2) is 36.5 Å². The van der Waals surface area contributed by atoms with Gasteiger partial charge in [-0.2, -0.15) is 0 Å². The second-order valence-electron chi connectivity index (χ2n) is 4.62. The van der Waals surface area contributed by atoms with Crippen LogP contribution in [0, 0.1) is 0 Å². The number of sulfonamides is 1. The van der Waals surface area contributed by atoms with E-state index in [1.807, 2.05) is 0 Å². The lowest BCUT2D eigenvalue weighted by Gasteiger charge is -2.10. The molecule has 0 unspecified atom stereocenters. The molecule has 23 heavy (non-hydrogen) atoms. The quantitative estimate of drug-likeness (QED) is 0.800. The molecule has 0 fully saturated rings. The molecule has 0 aliphatic rings. The van der Waals surface area contributed by atoms with Crippen molar-refractivity contribution in [1.29, 1.82) is 0 Å². The summed E-state index contributed by atoms with van der Waals surface area (Å²) in [6.07, 6.45) is 2.48. The van der Waals surface area contributed by atoms with Crippen molar-refractivity contribution in [3.63, 3.8) is 0 Å². The van der Waals surface area contributed by atoms with Crippen LogP contribution in [-0.2, 0) is 14.8 Å². The first-order valence-electron chi connectivity index (χ1n) is 6.37. The van der Waals surface area contributed by atoms with Gasteiger partial charge in [-0.15, -0.1) is 0 Å². The predicted octanol–water partition coefficient (Wildman–Crippen LogP) is 2.64. The van der Waals surface area contributed by atoms with E-state index < -0.39 is 16.0 Å². The second kappa shape index (κ2) is 6.84. The molecule has 0 saturated heterocycles. The van der Waals surface area contributed by atoms with E-state index in [1.54, 1.807) is 24.3 Å². The Labute approximate surface area is 138 Å². The Morgan fingerprint density at radius 3 is 2.57 bits per heavy atom. The molecule has 0 saturated carbocycles. The topological polar surface area (TPSA) is 97.4 Å². The van der Waals surface area contributed by atoms with Gasteiger partial charge in [0.25, 0.3) is 0 Å². The van der Waals surface area contributed by atoms with E-state index in [4.69, 9.17) is 11.6 Å². The molecule has 0 aliphatic heterocycles. The second-order valence-corrected chi connectivity index (χ2v) is 6.77. The minimum Gasteiger partial charge on any atom is -0.465 e. The number of pyridine rings is 1. The molecule has 0 aliphatic carbocycles. The van der Waals surface area contributed by atoms with Crippen LogP contribution in [0.25, 0.3) is 0 Å². The van der Waals surface area contributed by atoms with E-state index in [9.17, 15) is 13.2 Å². The largest absolute Gasteiger partial charge is 0.465 e. The minimum atomic E-state index is -3.38. The monoisotopic (exact) mass is 355 g/mol. The van der Waals surface area contributed by atoms with Crippen molar-refractivity contribution in [3.05, 3.63) is 47.1 Å². The van der Waals surface area contributed by atoms with Crippen molar-refractivity contribution >= 4 is 44.8 Å². The van der Waals surface area contributed by atoms with Gasteiger partial charge in [0.05, 0.1) is 41.5 Å². The van der Waals surface area contributed by atoms with Crippen molar-refractivity contribution in [1.82, 2.24) is 4.98 Å². The summed E-state index contributed by atoms with van der Waals surface area (Å²) in [6.45, 7) is 0. The summed E-state index contributed by atoms with van der Waals surface area (Å²) in [6, 6.07) is 7.81. The van der Waals surface area contributed by atoms with Gasteiger partial charge in [-0.05, 0) is 30.3 Å². The lowest BCUT2D eigenvalue weighted by molar-refractivity contribution is 0.0601. The highest BCUT2D eigenvalue weighted by Crippen LogP contribution is 2.27. The van der Waals surface area contributed by atoms with Crippen LogP contribution in [0.5, 0.6) is 0 Å². The number of anilines is 3.